The van der Waals surface area contributed by atoms with Gasteiger partial charge in [-0.2, -0.15) is 0 Å². The van der Waals surface area contributed by atoms with Crippen molar-refractivity contribution in [1.29, 1.82) is 0 Å². The van der Waals surface area contributed by atoms with E-state index in [4.69, 9.17) is 12.2 Å². The number of aromatic amines is 1. The number of rotatable bonds is 1. The Balaban J connectivity index is 2.68. The van der Waals surface area contributed by atoms with Crippen LogP contribution >= 0.6 is 12.2 Å². The highest BCUT2D eigenvalue weighted by Gasteiger charge is 2.01. The molecular weight excluding hydrogens is 220 g/mol. The Morgan fingerprint density at radius 1 is 1.25 bits per heavy atom. The molecule has 0 amide bonds. The van der Waals surface area contributed by atoms with E-state index in [2.05, 4.69) is 11.1 Å². The molecule has 82 valence electrons. The van der Waals surface area contributed by atoms with Gasteiger partial charge >= 0.3 is 0 Å². The summed E-state index contributed by atoms with van der Waals surface area (Å²) in [7, 11) is 0. The van der Waals surface area contributed by atoms with Crippen LogP contribution in [0.3, 0.4) is 0 Å². The van der Waals surface area contributed by atoms with E-state index in [0.717, 1.165) is 11.3 Å². The standard InChI is InChI=1S/C12H12N2OS/c1-8-3-4-10(9(2)7-8)14-6-5-11(15)13-12(14)16/h3-7H,1-2H3,(H,13,15,16). The third kappa shape index (κ3) is 1.97. The summed E-state index contributed by atoms with van der Waals surface area (Å²) in [5, 5.41) is 0. The Bertz CT molecular complexity index is 640. The second-order valence-electron chi connectivity index (χ2n) is 3.77. The molecule has 16 heavy (non-hydrogen) atoms. The van der Waals surface area contributed by atoms with Crippen LogP contribution in [0.15, 0.2) is 35.3 Å². The van der Waals surface area contributed by atoms with Crippen LogP contribution < -0.4 is 5.56 Å². The highest BCUT2D eigenvalue weighted by atomic mass is 32.1. The maximum Gasteiger partial charge on any atom is 0.251 e. The van der Waals surface area contributed by atoms with Crippen LogP contribution in [0.2, 0.25) is 0 Å². The minimum Gasteiger partial charge on any atom is -0.299 e. The van der Waals surface area contributed by atoms with Crippen LogP contribution in [-0.4, -0.2) is 9.55 Å². The summed E-state index contributed by atoms with van der Waals surface area (Å²) in [5.74, 6) is 0. The van der Waals surface area contributed by atoms with Crippen molar-refractivity contribution in [3.8, 4) is 5.69 Å². The molecule has 0 aliphatic carbocycles. The van der Waals surface area contributed by atoms with Crippen LogP contribution in [0.25, 0.3) is 5.69 Å². The van der Waals surface area contributed by atoms with Gasteiger partial charge in [0.1, 0.15) is 0 Å². The highest BCUT2D eigenvalue weighted by Crippen LogP contribution is 2.14. The average Bonchev–Trinajstić information content (AvgIpc) is 2.19. The summed E-state index contributed by atoms with van der Waals surface area (Å²) >= 11 is 5.12. The lowest BCUT2D eigenvalue weighted by Crippen LogP contribution is -2.10. The minimum absolute atomic E-state index is 0.175. The second-order valence-corrected chi connectivity index (χ2v) is 4.16. The molecule has 0 atom stereocenters. The molecule has 0 aliphatic heterocycles. The van der Waals surface area contributed by atoms with E-state index in [-0.39, 0.29) is 5.56 Å². The first-order valence-corrected chi connectivity index (χ1v) is 5.38. The Labute approximate surface area is 98.4 Å². The summed E-state index contributed by atoms with van der Waals surface area (Å²) in [5.41, 5.74) is 3.15. The van der Waals surface area contributed by atoms with Gasteiger partial charge in [-0.05, 0) is 37.7 Å². The summed E-state index contributed by atoms with van der Waals surface area (Å²) in [4.78, 5) is 13.7. The molecule has 1 N–H and O–H groups in total. The summed E-state index contributed by atoms with van der Waals surface area (Å²) in [6.07, 6.45) is 1.69. The van der Waals surface area contributed by atoms with Crippen molar-refractivity contribution in [3.05, 3.63) is 56.7 Å². The van der Waals surface area contributed by atoms with E-state index in [1.807, 2.05) is 26.0 Å². The number of benzene rings is 1. The van der Waals surface area contributed by atoms with E-state index in [9.17, 15) is 4.79 Å². The molecule has 0 bridgehead atoms. The lowest BCUT2D eigenvalue weighted by Gasteiger charge is -2.09. The van der Waals surface area contributed by atoms with Gasteiger partial charge in [-0.15, -0.1) is 0 Å². The fraction of sp³-hybridized carbons (Fsp3) is 0.167. The predicted octanol–water partition coefficient (Wildman–Crippen LogP) is 2.51. The van der Waals surface area contributed by atoms with Crippen molar-refractivity contribution in [1.82, 2.24) is 9.55 Å². The molecule has 2 rings (SSSR count). The van der Waals surface area contributed by atoms with Crippen LogP contribution in [0.1, 0.15) is 11.1 Å². The largest absolute Gasteiger partial charge is 0.299 e. The minimum atomic E-state index is -0.175. The maximum atomic E-state index is 11.1. The van der Waals surface area contributed by atoms with E-state index in [1.165, 1.54) is 11.6 Å². The zero-order valence-electron chi connectivity index (χ0n) is 9.15. The van der Waals surface area contributed by atoms with Crippen molar-refractivity contribution in [2.75, 3.05) is 0 Å². The van der Waals surface area contributed by atoms with Gasteiger partial charge in [0.25, 0.3) is 5.56 Å². The molecule has 0 aliphatic rings. The van der Waals surface area contributed by atoms with Crippen LogP contribution in [-0.2, 0) is 0 Å². The van der Waals surface area contributed by atoms with Gasteiger partial charge < -0.3 is 0 Å². The summed E-state index contributed by atoms with van der Waals surface area (Å²) in [6, 6.07) is 7.57. The summed E-state index contributed by atoms with van der Waals surface area (Å²) in [6.45, 7) is 4.07. The Hall–Kier alpha value is -1.68. The van der Waals surface area contributed by atoms with Gasteiger partial charge in [0.15, 0.2) is 4.77 Å². The fourth-order valence-electron chi connectivity index (χ4n) is 1.68. The zero-order valence-corrected chi connectivity index (χ0v) is 9.97. The normalized spacial score (nSPS) is 10.4. The van der Waals surface area contributed by atoms with Gasteiger partial charge in [-0.3, -0.25) is 14.3 Å². The topological polar surface area (TPSA) is 37.8 Å². The number of nitrogens with one attached hydrogen (secondary N) is 1. The molecule has 0 spiro atoms. The van der Waals surface area contributed by atoms with E-state index < -0.39 is 0 Å². The van der Waals surface area contributed by atoms with Crippen LogP contribution in [0, 0.1) is 18.6 Å². The highest BCUT2D eigenvalue weighted by molar-refractivity contribution is 7.71. The number of H-pyrrole nitrogens is 1. The van der Waals surface area contributed by atoms with E-state index in [0.29, 0.717) is 4.77 Å². The molecule has 0 unspecified atom stereocenters. The fourth-order valence-corrected chi connectivity index (χ4v) is 1.94. The first kappa shape index (κ1) is 10.8. The Kier molecular flexibility index (Phi) is 2.75. The third-order valence-corrected chi connectivity index (χ3v) is 2.73. The van der Waals surface area contributed by atoms with Crippen molar-refractivity contribution in [2.45, 2.75) is 13.8 Å². The first-order valence-electron chi connectivity index (χ1n) is 4.97. The molecule has 3 nitrogen and oxygen atoms in total. The van der Waals surface area contributed by atoms with Crippen LogP contribution in [0.4, 0.5) is 0 Å². The Morgan fingerprint density at radius 2 is 2.00 bits per heavy atom. The Morgan fingerprint density at radius 3 is 2.62 bits per heavy atom. The quantitative estimate of drug-likeness (QED) is 0.767. The zero-order chi connectivity index (χ0) is 11.7. The number of hydrogen-bond donors (Lipinski definition) is 1. The number of nitrogens with zero attached hydrogens (tertiary/aromatic N) is 1. The van der Waals surface area contributed by atoms with Gasteiger partial charge in [0, 0.05) is 12.3 Å². The number of aromatic nitrogens is 2. The maximum absolute atomic E-state index is 11.1. The van der Waals surface area contributed by atoms with Gasteiger partial charge in [-0.1, -0.05) is 17.7 Å². The third-order valence-electron chi connectivity index (χ3n) is 2.44. The average molecular weight is 232 g/mol. The van der Waals surface area contributed by atoms with Gasteiger partial charge in [0.05, 0.1) is 5.69 Å². The number of aryl methyl sites for hydroxylation is 2. The van der Waals surface area contributed by atoms with Crippen molar-refractivity contribution >= 4 is 12.2 Å². The van der Waals surface area contributed by atoms with E-state index >= 15 is 0 Å². The summed E-state index contributed by atoms with van der Waals surface area (Å²) < 4.78 is 2.21. The van der Waals surface area contributed by atoms with Gasteiger partial charge in [0.2, 0.25) is 0 Å². The molecule has 1 aromatic heterocycles. The molecule has 2 aromatic rings. The first-order chi connectivity index (χ1) is 7.58. The molecule has 0 saturated heterocycles. The molecule has 0 saturated carbocycles. The smallest absolute Gasteiger partial charge is 0.251 e. The molecule has 1 aromatic carbocycles. The monoisotopic (exact) mass is 232 g/mol. The van der Waals surface area contributed by atoms with E-state index in [1.54, 1.807) is 10.8 Å². The molecule has 0 radical (unpaired) electrons. The second kappa shape index (κ2) is 4.06. The lowest BCUT2D eigenvalue weighted by atomic mass is 10.1. The molecule has 0 fully saturated rings. The van der Waals surface area contributed by atoms with Crippen molar-refractivity contribution in [2.24, 2.45) is 0 Å². The van der Waals surface area contributed by atoms with Crippen molar-refractivity contribution < 1.29 is 0 Å². The number of hydrogen-bond acceptors (Lipinski definition) is 2. The van der Waals surface area contributed by atoms with Gasteiger partial charge in [-0.25, -0.2) is 0 Å². The van der Waals surface area contributed by atoms with Crippen LogP contribution in [0.5, 0.6) is 0 Å². The molecule has 1 heterocycles. The molecule has 4 heteroatoms. The SMILES string of the molecule is Cc1ccc(-n2ccc(=O)[nH]c2=S)c(C)c1. The van der Waals surface area contributed by atoms with Crippen molar-refractivity contribution in [3.63, 3.8) is 0 Å². The lowest BCUT2D eigenvalue weighted by molar-refractivity contribution is 0.928. The predicted molar refractivity (Wildman–Crippen MR) is 66.7 cm³/mol. The molecular formula is C12H12N2OS.